The summed E-state index contributed by atoms with van der Waals surface area (Å²) in [6.07, 6.45) is 1.84. The molecule has 1 saturated heterocycles. The largest absolute Gasteiger partial charge is 0.328 e. The van der Waals surface area contributed by atoms with E-state index in [1.165, 1.54) is 0 Å². The molecule has 0 unspecified atom stereocenters. The van der Waals surface area contributed by atoms with E-state index in [9.17, 15) is 4.79 Å². The van der Waals surface area contributed by atoms with Crippen molar-refractivity contribution in [2.24, 2.45) is 0 Å². The molecule has 1 aromatic heterocycles. The number of aromatic nitrogens is 1. The van der Waals surface area contributed by atoms with Gasteiger partial charge in [0.05, 0.1) is 11.4 Å². The van der Waals surface area contributed by atoms with Crippen molar-refractivity contribution in [2.75, 3.05) is 0 Å². The molecule has 1 aliphatic rings. The lowest BCUT2D eigenvalue weighted by Crippen LogP contribution is -2.21. The van der Waals surface area contributed by atoms with E-state index in [1.807, 2.05) is 66.7 Å². The van der Waals surface area contributed by atoms with Crippen LogP contribution in [0, 0.1) is 0 Å². The van der Waals surface area contributed by atoms with Crippen LogP contribution in [0.5, 0.6) is 0 Å². The van der Waals surface area contributed by atoms with E-state index in [0.29, 0.717) is 15.8 Å². The highest BCUT2D eigenvalue weighted by Crippen LogP contribution is 2.37. The van der Waals surface area contributed by atoms with Crippen LogP contribution in [0.15, 0.2) is 96.7 Å². The van der Waals surface area contributed by atoms with E-state index in [0.717, 1.165) is 33.8 Å². The monoisotopic (exact) mass is 455 g/mol. The fraction of sp³-hybridized carbons (Fsp3) is 0. The molecule has 0 atom stereocenters. The molecule has 1 aliphatic heterocycles. The molecule has 6 heteroatoms. The molecule has 4 nitrogen and oxygen atoms in total. The second-order valence-electron chi connectivity index (χ2n) is 7.34. The Morgan fingerprint density at radius 1 is 0.812 bits per heavy atom. The van der Waals surface area contributed by atoms with Crippen molar-refractivity contribution in [3.63, 3.8) is 0 Å². The van der Waals surface area contributed by atoms with E-state index in [1.54, 1.807) is 0 Å². The number of carbonyl (C=O) groups excluding carboxylic acids is 1. The molecule has 3 aromatic carbocycles. The molecule has 0 aliphatic carbocycles. The highest BCUT2D eigenvalue weighted by Gasteiger charge is 2.23. The lowest BCUT2D eigenvalue weighted by Gasteiger charge is -2.15. The number of hydrogen-bond acceptors (Lipinski definition) is 2. The van der Waals surface area contributed by atoms with Gasteiger partial charge in [0, 0.05) is 16.3 Å². The van der Waals surface area contributed by atoms with E-state index in [-0.39, 0.29) is 5.91 Å². The van der Waals surface area contributed by atoms with Crippen LogP contribution >= 0.6 is 23.8 Å². The molecule has 5 rings (SSSR count). The van der Waals surface area contributed by atoms with Gasteiger partial charge in [0.25, 0.3) is 5.91 Å². The molecule has 4 aromatic rings. The van der Waals surface area contributed by atoms with Crippen molar-refractivity contribution in [3.05, 3.63) is 107 Å². The number of halogens is 1. The predicted octanol–water partition coefficient (Wildman–Crippen LogP) is 5.81. The number of thiocarbonyl (C=S) groups is 1. The van der Waals surface area contributed by atoms with Gasteiger partial charge >= 0.3 is 0 Å². The van der Waals surface area contributed by atoms with Gasteiger partial charge in [-0.05, 0) is 59.8 Å². The van der Waals surface area contributed by atoms with Crippen LogP contribution in [0.25, 0.3) is 34.3 Å². The van der Waals surface area contributed by atoms with Crippen LogP contribution in [0.3, 0.4) is 0 Å². The minimum Gasteiger partial charge on any atom is -0.328 e. The van der Waals surface area contributed by atoms with Gasteiger partial charge < -0.3 is 9.88 Å². The summed E-state index contributed by atoms with van der Waals surface area (Å²) in [5.74, 6) is -0.241. The molecule has 156 valence electrons. The molecule has 32 heavy (non-hydrogen) atoms. The van der Waals surface area contributed by atoms with Gasteiger partial charge in [-0.15, -0.1) is 0 Å². The third-order valence-electron chi connectivity index (χ3n) is 5.25. The van der Waals surface area contributed by atoms with Crippen molar-refractivity contribution in [1.82, 2.24) is 15.2 Å². The van der Waals surface area contributed by atoms with Gasteiger partial charge in [-0.2, -0.15) is 0 Å². The molecule has 0 saturated carbocycles. The number of amides is 1. The number of rotatable bonds is 4. The topological polar surface area (TPSA) is 46.1 Å². The minimum atomic E-state index is -0.241. The van der Waals surface area contributed by atoms with Gasteiger partial charge in [-0.1, -0.05) is 72.3 Å². The first-order valence-corrected chi connectivity index (χ1v) is 10.9. The van der Waals surface area contributed by atoms with Gasteiger partial charge in [-0.3, -0.25) is 10.1 Å². The Hall–Kier alpha value is -3.67. The minimum absolute atomic E-state index is 0.241. The Bertz CT molecular complexity index is 1340. The molecule has 2 N–H and O–H groups in total. The predicted molar refractivity (Wildman–Crippen MR) is 134 cm³/mol. The average Bonchev–Trinajstić information content (AvgIpc) is 3.34. The smallest absolute Gasteiger partial charge is 0.273 e. The number of nitrogens with zero attached hydrogens (tertiary/aromatic N) is 1. The van der Waals surface area contributed by atoms with Crippen LogP contribution in [0.1, 0.15) is 5.56 Å². The molecule has 0 spiro atoms. The van der Waals surface area contributed by atoms with Crippen molar-refractivity contribution in [1.29, 1.82) is 0 Å². The summed E-state index contributed by atoms with van der Waals surface area (Å²) in [5, 5.41) is 6.56. The maximum atomic E-state index is 12.4. The average molecular weight is 456 g/mol. The van der Waals surface area contributed by atoms with Gasteiger partial charge in [0.1, 0.15) is 5.70 Å². The van der Waals surface area contributed by atoms with Gasteiger partial charge in [0.15, 0.2) is 5.11 Å². The fourth-order valence-electron chi connectivity index (χ4n) is 3.85. The highest BCUT2D eigenvalue weighted by atomic mass is 35.5. The first-order chi connectivity index (χ1) is 15.6. The maximum Gasteiger partial charge on any atom is 0.273 e. The maximum absolute atomic E-state index is 12.4. The number of hydrogen-bond donors (Lipinski definition) is 2. The molecule has 2 heterocycles. The number of benzene rings is 3. The van der Waals surface area contributed by atoms with Crippen molar-refractivity contribution in [3.8, 4) is 28.2 Å². The molecule has 1 amide bonds. The molecule has 1 fully saturated rings. The van der Waals surface area contributed by atoms with Crippen LogP contribution in [0.4, 0.5) is 0 Å². The quantitative estimate of drug-likeness (QED) is 0.301. The second-order valence-corrected chi connectivity index (χ2v) is 8.19. The van der Waals surface area contributed by atoms with E-state index >= 15 is 0 Å². The van der Waals surface area contributed by atoms with Crippen LogP contribution < -0.4 is 10.6 Å². The summed E-state index contributed by atoms with van der Waals surface area (Å²) in [6, 6.07) is 30.1. The fourth-order valence-corrected chi connectivity index (χ4v) is 4.18. The van der Waals surface area contributed by atoms with Gasteiger partial charge in [0.2, 0.25) is 0 Å². The normalized spacial score (nSPS) is 14.5. The summed E-state index contributed by atoms with van der Waals surface area (Å²) < 4.78 is 2.19. The van der Waals surface area contributed by atoms with E-state index in [4.69, 9.17) is 23.8 Å². The van der Waals surface area contributed by atoms with Crippen molar-refractivity contribution >= 4 is 40.9 Å². The first kappa shape index (κ1) is 20.2. The van der Waals surface area contributed by atoms with Crippen molar-refractivity contribution < 1.29 is 4.79 Å². The molecule has 0 radical (unpaired) electrons. The lowest BCUT2D eigenvalue weighted by molar-refractivity contribution is -0.115. The van der Waals surface area contributed by atoms with Crippen molar-refractivity contribution in [2.45, 2.75) is 0 Å². The summed E-state index contributed by atoms with van der Waals surface area (Å²) in [4.78, 5) is 12.4. The lowest BCUT2D eigenvalue weighted by atomic mass is 10.1. The second kappa shape index (κ2) is 8.46. The molecule has 0 bridgehead atoms. The molecular weight excluding hydrogens is 438 g/mol. The summed E-state index contributed by atoms with van der Waals surface area (Å²) in [6.45, 7) is 0. The van der Waals surface area contributed by atoms with Crippen LogP contribution in [-0.4, -0.2) is 15.6 Å². The third kappa shape index (κ3) is 3.84. The number of nitrogens with one attached hydrogen (secondary N) is 2. The Labute approximate surface area is 196 Å². The standard InChI is InChI=1S/C26H18ClN3OS/c27-20-11-13-21(14-12-20)30-23(17-7-3-1-4-8-17)16-19(15-22-25(31)29-26(32)28-22)24(30)18-9-5-2-6-10-18/h1-16H,(H2,28,29,31,32)/b22-15-. The zero-order valence-corrected chi connectivity index (χ0v) is 18.5. The number of carbonyl (C=O) groups is 1. The highest BCUT2D eigenvalue weighted by molar-refractivity contribution is 7.80. The Kier molecular flexibility index (Phi) is 5.35. The Balaban J connectivity index is 1.83. The zero-order chi connectivity index (χ0) is 22.1. The summed E-state index contributed by atoms with van der Waals surface area (Å²) in [5.41, 5.74) is 6.33. The first-order valence-electron chi connectivity index (χ1n) is 10.1. The Morgan fingerprint density at radius 3 is 2.03 bits per heavy atom. The van der Waals surface area contributed by atoms with E-state index in [2.05, 4.69) is 45.5 Å². The summed E-state index contributed by atoms with van der Waals surface area (Å²) in [7, 11) is 0. The SMILES string of the molecule is O=C1NC(=S)N/C1=C\c1cc(-c2ccccc2)n(-c2ccc(Cl)cc2)c1-c1ccccc1. The third-order valence-corrected chi connectivity index (χ3v) is 5.71. The van der Waals surface area contributed by atoms with Gasteiger partial charge in [-0.25, -0.2) is 0 Å². The zero-order valence-electron chi connectivity index (χ0n) is 16.9. The molecular formula is C26H18ClN3OS. The summed E-state index contributed by atoms with van der Waals surface area (Å²) >= 11 is 11.3. The Morgan fingerprint density at radius 2 is 1.44 bits per heavy atom. The van der Waals surface area contributed by atoms with Crippen LogP contribution in [0.2, 0.25) is 5.02 Å². The van der Waals surface area contributed by atoms with Crippen LogP contribution in [-0.2, 0) is 4.79 Å². The van der Waals surface area contributed by atoms with E-state index < -0.39 is 0 Å².